The number of rotatable bonds is 6. The van der Waals surface area contributed by atoms with Crippen molar-refractivity contribution in [1.29, 1.82) is 0 Å². The lowest BCUT2D eigenvalue weighted by molar-refractivity contribution is -0.121. The third-order valence-corrected chi connectivity index (χ3v) is 5.27. The van der Waals surface area contributed by atoms with E-state index in [9.17, 15) is 9.59 Å². The predicted octanol–water partition coefficient (Wildman–Crippen LogP) is 2.17. The zero-order valence-corrected chi connectivity index (χ0v) is 15.1. The number of aryl methyl sites for hydroxylation is 1. The Morgan fingerprint density at radius 2 is 2.16 bits per heavy atom. The number of thioether (sulfide) groups is 1. The van der Waals surface area contributed by atoms with E-state index < -0.39 is 0 Å². The van der Waals surface area contributed by atoms with Crippen LogP contribution in [0.25, 0.3) is 0 Å². The van der Waals surface area contributed by atoms with Gasteiger partial charge in [0, 0.05) is 30.5 Å². The molecule has 1 atom stereocenters. The van der Waals surface area contributed by atoms with E-state index in [1.54, 1.807) is 17.7 Å². The van der Waals surface area contributed by atoms with Crippen molar-refractivity contribution in [3.05, 3.63) is 51.9 Å². The van der Waals surface area contributed by atoms with Gasteiger partial charge in [-0.05, 0) is 24.1 Å². The molecule has 25 heavy (non-hydrogen) atoms. The van der Waals surface area contributed by atoms with Gasteiger partial charge in [-0.1, -0.05) is 30.8 Å². The number of hydrogen-bond donors (Lipinski definition) is 1. The molecule has 0 saturated carbocycles. The van der Waals surface area contributed by atoms with Crippen molar-refractivity contribution in [2.24, 2.45) is 0 Å². The summed E-state index contributed by atoms with van der Waals surface area (Å²) in [6, 6.07) is 8.99. The summed E-state index contributed by atoms with van der Waals surface area (Å²) in [6.45, 7) is 2.43. The minimum Gasteiger partial charge on any atom is -0.497 e. The highest BCUT2D eigenvalue weighted by Crippen LogP contribution is 2.31. The molecule has 0 spiro atoms. The molecule has 0 bridgehead atoms. The van der Waals surface area contributed by atoms with Crippen molar-refractivity contribution in [2.75, 3.05) is 12.9 Å². The number of nitrogens with one attached hydrogen (secondary N) is 1. The van der Waals surface area contributed by atoms with E-state index in [4.69, 9.17) is 4.74 Å². The highest BCUT2D eigenvalue weighted by Gasteiger charge is 2.27. The van der Waals surface area contributed by atoms with E-state index in [0.717, 1.165) is 28.6 Å². The van der Waals surface area contributed by atoms with Gasteiger partial charge in [0.25, 0.3) is 5.56 Å². The predicted molar refractivity (Wildman–Crippen MR) is 97.1 cm³/mol. The maximum Gasteiger partial charge on any atom is 0.254 e. The molecule has 1 aliphatic rings. The van der Waals surface area contributed by atoms with Crippen LogP contribution in [0.1, 0.15) is 30.6 Å². The molecule has 2 aromatic rings. The number of carbonyl (C=O) groups excluding carboxylic acids is 1. The Morgan fingerprint density at radius 1 is 1.40 bits per heavy atom. The summed E-state index contributed by atoms with van der Waals surface area (Å²) in [7, 11) is 1.62. The van der Waals surface area contributed by atoms with Gasteiger partial charge < -0.3 is 10.1 Å². The fourth-order valence-electron chi connectivity index (χ4n) is 2.76. The molecule has 1 aliphatic heterocycles. The number of methoxy groups -OCH3 is 1. The summed E-state index contributed by atoms with van der Waals surface area (Å²) < 4.78 is 6.77. The summed E-state index contributed by atoms with van der Waals surface area (Å²) in [4.78, 5) is 29.0. The lowest BCUT2D eigenvalue weighted by atomic mass is 10.2. The van der Waals surface area contributed by atoms with Crippen molar-refractivity contribution in [2.45, 2.75) is 37.5 Å². The van der Waals surface area contributed by atoms with Crippen LogP contribution in [0.3, 0.4) is 0 Å². The normalized spacial score (nSPS) is 15.7. The van der Waals surface area contributed by atoms with E-state index in [1.165, 1.54) is 11.8 Å². The Labute approximate surface area is 150 Å². The van der Waals surface area contributed by atoms with Crippen LogP contribution >= 0.6 is 11.8 Å². The van der Waals surface area contributed by atoms with Crippen molar-refractivity contribution < 1.29 is 9.53 Å². The summed E-state index contributed by atoms with van der Waals surface area (Å²) >= 11 is 1.54. The third kappa shape index (κ3) is 4.04. The number of nitrogens with zero attached hydrogens (tertiary/aromatic N) is 2. The molecule has 0 saturated heterocycles. The van der Waals surface area contributed by atoms with Crippen molar-refractivity contribution >= 4 is 17.7 Å². The number of ether oxygens (including phenoxy) is 1. The topological polar surface area (TPSA) is 73.2 Å². The summed E-state index contributed by atoms with van der Waals surface area (Å²) in [5.74, 6) is 1.42. The molecule has 1 aromatic carbocycles. The lowest BCUT2D eigenvalue weighted by Crippen LogP contribution is -2.30. The quantitative estimate of drug-likeness (QED) is 0.800. The van der Waals surface area contributed by atoms with Gasteiger partial charge in [-0.25, -0.2) is 4.98 Å². The molecule has 0 fully saturated rings. The van der Waals surface area contributed by atoms with Crippen LogP contribution in [0, 0.1) is 0 Å². The van der Waals surface area contributed by atoms with Crippen LogP contribution in [0.5, 0.6) is 5.75 Å². The third-order valence-electron chi connectivity index (χ3n) is 4.17. The van der Waals surface area contributed by atoms with E-state index >= 15 is 0 Å². The Balaban J connectivity index is 1.60. The van der Waals surface area contributed by atoms with Crippen LogP contribution in [-0.2, 0) is 17.8 Å². The van der Waals surface area contributed by atoms with Crippen LogP contribution in [0.4, 0.5) is 0 Å². The highest BCUT2D eigenvalue weighted by atomic mass is 32.2. The van der Waals surface area contributed by atoms with Gasteiger partial charge in [0.1, 0.15) is 5.75 Å². The van der Waals surface area contributed by atoms with Crippen molar-refractivity contribution in [3.8, 4) is 5.75 Å². The second-order valence-electron chi connectivity index (χ2n) is 5.89. The average molecular weight is 359 g/mol. The molecular formula is C18H21N3O3S. The Hall–Kier alpha value is -2.28. The molecule has 1 unspecified atom stereocenters. The molecular weight excluding hydrogens is 338 g/mol. The van der Waals surface area contributed by atoms with Gasteiger partial charge in [-0.15, -0.1) is 0 Å². The fraction of sp³-hybridized carbons (Fsp3) is 0.389. The minimum absolute atomic E-state index is 0.0688. The van der Waals surface area contributed by atoms with Gasteiger partial charge in [-0.2, -0.15) is 0 Å². The molecule has 132 valence electrons. The number of amides is 1. The molecule has 7 heteroatoms. The smallest absolute Gasteiger partial charge is 0.254 e. The first kappa shape index (κ1) is 17.5. The lowest BCUT2D eigenvalue weighted by Gasteiger charge is -2.13. The summed E-state index contributed by atoms with van der Waals surface area (Å²) in [5, 5.41) is 3.63. The fourth-order valence-corrected chi connectivity index (χ4v) is 3.93. The monoisotopic (exact) mass is 359 g/mol. The molecule has 1 aromatic heterocycles. The van der Waals surface area contributed by atoms with E-state index in [2.05, 4.69) is 10.3 Å². The molecule has 2 heterocycles. The number of benzene rings is 1. The zero-order valence-electron chi connectivity index (χ0n) is 14.3. The Morgan fingerprint density at radius 3 is 2.84 bits per heavy atom. The molecule has 1 amide bonds. The second kappa shape index (κ2) is 7.74. The van der Waals surface area contributed by atoms with Gasteiger partial charge in [0.05, 0.1) is 13.2 Å². The molecule has 0 aliphatic carbocycles. The first-order chi connectivity index (χ1) is 12.1. The van der Waals surface area contributed by atoms with Gasteiger partial charge >= 0.3 is 0 Å². The van der Waals surface area contributed by atoms with Gasteiger partial charge in [-0.3, -0.25) is 14.2 Å². The maximum absolute atomic E-state index is 12.3. The Bertz CT molecular complexity index is 817. The molecule has 6 nitrogen and oxygen atoms in total. The number of hydrogen-bond acceptors (Lipinski definition) is 5. The second-order valence-corrected chi connectivity index (χ2v) is 6.87. The number of aromatic nitrogens is 2. The summed E-state index contributed by atoms with van der Waals surface area (Å²) in [6.07, 6.45) is 1.01. The largest absolute Gasteiger partial charge is 0.497 e. The van der Waals surface area contributed by atoms with Crippen LogP contribution < -0.4 is 15.6 Å². The molecule has 0 radical (unpaired) electrons. The SMILES string of the molecule is CCc1cc(=O)n2c(n1)SCC2CC(=O)NCc1ccc(OC)cc1. The zero-order chi connectivity index (χ0) is 17.8. The summed E-state index contributed by atoms with van der Waals surface area (Å²) in [5.41, 5.74) is 1.73. The van der Waals surface area contributed by atoms with Crippen molar-refractivity contribution in [3.63, 3.8) is 0 Å². The van der Waals surface area contributed by atoms with Crippen LogP contribution in [0.2, 0.25) is 0 Å². The number of fused-ring (bicyclic) bond motifs is 1. The average Bonchev–Trinajstić information content (AvgIpc) is 3.03. The highest BCUT2D eigenvalue weighted by molar-refractivity contribution is 7.99. The number of carbonyl (C=O) groups is 1. The van der Waals surface area contributed by atoms with Gasteiger partial charge in [0.15, 0.2) is 5.16 Å². The Kier molecular flexibility index (Phi) is 5.43. The molecule has 1 N–H and O–H groups in total. The molecule has 3 rings (SSSR count). The van der Waals surface area contributed by atoms with Crippen molar-refractivity contribution in [1.82, 2.24) is 14.9 Å². The first-order valence-corrected chi connectivity index (χ1v) is 9.24. The first-order valence-electron chi connectivity index (χ1n) is 8.25. The van der Waals surface area contributed by atoms with E-state index in [-0.39, 0.29) is 23.9 Å². The van der Waals surface area contributed by atoms with Gasteiger partial charge in [0.2, 0.25) is 5.91 Å². The van der Waals surface area contributed by atoms with Crippen LogP contribution in [-0.4, -0.2) is 28.3 Å². The standard InChI is InChI=1S/C18H21N3O3S/c1-3-13-8-17(23)21-14(11-25-18(21)20-13)9-16(22)19-10-12-4-6-15(24-2)7-5-12/h4-8,14H,3,9-11H2,1-2H3,(H,19,22). The van der Waals surface area contributed by atoms with Crippen LogP contribution in [0.15, 0.2) is 40.3 Å². The minimum atomic E-state index is -0.137. The maximum atomic E-state index is 12.3. The van der Waals surface area contributed by atoms with E-state index in [1.807, 2.05) is 31.2 Å². The van der Waals surface area contributed by atoms with E-state index in [0.29, 0.717) is 12.3 Å².